The molecule has 0 heterocycles. The zero-order chi connectivity index (χ0) is 21.9. The second kappa shape index (κ2) is 11.7. The Morgan fingerprint density at radius 1 is 0.484 bits per heavy atom. The Hall–Kier alpha value is -3.37. The van der Waals surface area contributed by atoms with E-state index in [1.807, 2.05) is 73.2 Å². The van der Waals surface area contributed by atoms with Gasteiger partial charge >= 0.3 is 0 Å². The van der Waals surface area contributed by atoms with Crippen LogP contribution in [0.2, 0.25) is 0 Å². The summed E-state index contributed by atoms with van der Waals surface area (Å²) in [6.45, 7) is 6.26. The standard InChI is InChI=1S/C27H30N4/c1-22(28-19-25-13-7-4-8-14-25)31(23(2)29-20-26-15-9-5-10-16-26)24(3)30-21-27-17-11-6-12-18-27/h4-24H,1-3H3. The number of rotatable bonds is 9. The lowest BCUT2D eigenvalue weighted by molar-refractivity contribution is 0.118. The SMILES string of the molecule is CC(N=Cc1ccccc1)N(C(C)N=Cc1ccccc1)C(C)N=Cc1ccccc1. The Morgan fingerprint density at radius 2 is 0.742 bits per heavy atom. The minimum absolute atomic E-state index is 0.0916. The monoisotopic (exact) mass is 410 g/mol. The summed E-state index contributed by atoms with van der Waals surface area (Å²) >= 11 is 0. The van der Waals surface area contributed by atoms with Crippen molar-refractivity contribution in [3.8, 4) is 0 Å². The third-order valence-corrected chi connectivity index (χ3v) is 5.01. The van der Waals surface area contributed by atoms with Crippen LogP contribution in [-0.4, -0.2) is 42.0 Å². The Bertz CT molecular complexity index is 850. The minimum atomic E-state index is -0.0916. The molecule has 3 unspecified atom stereocenters. The Balaban J connectivity index is 1.80. The second-order valence-corrected chi connectivity index (χ2v) is 7.41. The van der Waals surface area contributed by atoms with Gasteiger partial charge in [0.2, 0.25) is 0 Å². The number of hydrogen-bond acceptors (Lipinski definition) is 4. The Labute approximate surface area is 185 Å². The maximum absolute atomic E-state index is 4.80. The lowest BCUT2D eigenvalue weighted by atomic mass is 10.2. The maximum atomic E-state index is 4.80. The van der Waals surface area contributed by atoms with Crippen LogP contribution >= 0.6 is 0 Å². The molecule has 4 heteroatoms. The van der Waals surface area contributed by atoms with E-state index in [-0.39, 0.29) is 18.5 Å². The van der Waals surface area contributed by atoms with Gasteiger partial charge in [-0.1, -0.05) is 91.0 Å². The molecule has 0 aliphatic heterocycles. The third-order valence-electron chi connectivity index (χ3n) is 5.01. The molecule has 3 atom stereocenters. The van der Waals surface area contributed by atoms with Crippen LogP contribution in [0, 0.1) is 0 Å². The summed E-state index contributed by atoms with van der Waals surface area (Å²) in [6, 6.07) is 30.4. The summed E-state index contributed by atoms with van der Waals surface area (Å²) < 4.78 is 0. The fraction of sp³-hybridized carbons (Fsp3) is 0.222. The van der Waals surface area contributed by atoms with Crippen LogP contribution in [0.3, 0.4) is 0 Å². The van der Waals surface area contributed by atoms with Crippen LogP contribution in [0.5, 0.6) is 0 Å². The fourth-order valence-corrected chi connectivity index (χ4v) is 3.37. The second-order valence-electron chi connectivity index (χ2n) is 7.41. The predicted octanol–water partition coefficient (Wildman–Crippen LogP) is 5.68. The summed E-state index contributed by atoms with van der Waals surface area (Å²) in [5.41, 5.74) is 3.24. The highest BCUT2D eigenvalue weighted by Gasteiger charge is 2.23. The topological polar surface area (TPSA) is 40.3 Å². The molecule has 0 saturated heterocycles. The fourth-order valence-electron chi connectivity index (χ4n) is 3.37. The molecule has 0 fully saturated rings. The zero-order valence-corrected chi connectivity index (χ0v) is 18.4. The molecule has 0 amide bonds. The number of aliphatic imine (C=N–C) groups is 3. The molecule has 0 bridgehead atoms. The molecule has 0 saturated carbocycles. The average Bonchev–Trinajstić information content (AvgIpc) is 2.82. The van der Waals surface area contributed by atoms with Gasteiger partial charge in [0.25, 0.3) is 0 Å². The smallest absolute Gasteiger partial charge is 0.102 e. The van der Waals surface area contributed by atoms with Gasteiger partial charge < -0.3 is 0 Å². The van der Waals surface area contributed by atoms with Gasteiger partial charge in [-0.3, -0.25) is 15.0 Å². The van der Waals surface area contributed by atoms with Gasteiger partial charge in [-0.15, -0.1) is 0 Å². The van der Waals surface area contributed by atoms with E-state index < -0.39 is 0 Å². The highest BCUT2D eigenvalue weighted by molar-refractivity contribution is 5.80. The number of benzene rings is 3. The van der Waals surface area contributed by atoms with E-state index in [0.717, 1.165) is 16.7 Å². The van der Waals surface area contributed by atoms with E-state index in [4.69, 9.17) is 15.0 Å². The van der Waals surface area contributed by atoms with Crippen molar-refractivity contribution in [1.82, 2.24) is 4.90 Å². The summed E-state index contributed by atoms with van der Waals surface area (Å²) in [7, 11) is 0. The zero-order valence-electron chi connectivity index (χ0n) is 18.4. The Kier molecular flexibility index (Phi) is 8.44. The molecule has 3 aromatic carbocycles. The van der Waals surface area contributed by atoms with Crippen molar-refractivity contribution in [3.63, 3.8) is 0 Å². The highest BCUT2D eigenvalue weighted by Crippen LogP contribution is 2.15. The van der Waals surface area contributed by atoms with Crippen LogP contribution in [-0.2, 0) is 0 Å². The average molecular weight is 411 g/mol. The molecule has 0 spiro atoms. The van der Waals surface area contributed by atoms with Crippen LogP contribution in [0.4, 0.5) is 0 Å². The largest absolute Gasteiger partial charge is 0.274 e. The number of nitrogens with zero attached hydrogens (tertiary/aromatic N) is 4. The molecule has 4 nitrogen and oxygen atoms in total. The van der Waals surface area contributed by atoms with Gasteiger partial charge in [-0.25, -0.2) is 4.90 Å². The van der Waals surface area contributed by atoms with Gasteiger partial charge in [-0.2, -0.15) is 0 Å². The first-order valence-electron chi connectivity index (χ1n) is 10.7. The van der Waals surface area contributed by atoms with E-state index in [1.54, 1.807) is 0 Å². The van der Waals surface area contributed by atoms with Crippen LogP contribution in [0.1, 0.15) is 37.5 Å². The molecule has 3 aromatic rings. The van der Waals surface area contributed by atoms with Crippen molar-refractivity contribution in [3.05, 3.63) is 108 Å². The van der Waals surface area contributed by atoms with Crippen molar-refractivity contribution in [2.75, 3.05) is 0 Å². The molecule has 0 aromatic heterocycles. The van der Waals surface area contributed by atoms with E-state index in [2.05, 4.69) is 62.1 Å². The Morgan fingerprint density at radius 3 is 1.00 bits per heavy atom. The van der Waals surface area contributed by atoms with Gasteiger partial charge in [0.05, 0.1) is 0 Å². The van der Waals surface area contributed by atoms with Crippen LogP contribution < -0.4 is 0 Å². The van der Waals surface area contributed by atoms with Crippen molar-refractivity contribution in [1.29, 1.82) is 0 Å². The van der Waals surface area contributed by atoms with Gasteiger partial charge in [0.1, 0.15) is 18.5 Å². The van der Waals surface area contributed by atoms with Crippen molar-refractivity contribution in [2.24, 2.45) is 15.0 Å². The first-order chi connectivity index (χ1) is 15.1. The molecule has 3 rings (SSSR count). The van der Waals surface area contributed by atoms with Crippen molar-refractivity contribution < 1.29 is 0 Å². The van der Waals surface area contributed by atoms with Crippen LogP contribution in [0.15, 0.2) is 106 Å². The molecule has 158 valence electrons. The predicted molar refractivity (Wildman–Crippen MR) is 132 cm³/mol. The summed E-state index contributed by atoms with van der Waals surface area (Å²) in [4.78, 5) is 16.6. The first kappa shape index (κ1) is 22.3. The maximum Gasteiger partial charge on any atom is 0.102 e. The van der Waals surface area contributed by atoms with Crippen molar-refractivity contribution in [2.45, 2.75) is 39.3 Å². The molecular formula is C27H30N4. The first-order valence-corrected chi connectivity index (χ1v) is 10.7. The third kappa shape index (κ3) is 7.12. The summed E-state index contributed by atoms with van der Waals surface area (Å²) in [5.74, 6) is 0. The van der Waals surface area contributed by atoms with E-state index in [1.165, 1.54) is 0 Å². The minimum Gasteiger partial charge on any atom is -0.274 e. The molecule has 0 aliphatic carbocycles. The number of hydrogen-bond donors (Lipinski definition) is 0. The molecule has 31 heavy (non-hydrogen) atoms. The summed E-state index contributed by atoms with van der Waals surface area (Å²) in [6.07, 6.45) is 5.47. The molecule has 0 radical (unpaired) electrons. The molecule has 0 N–H and O–H groups in total. The molecule has 0 aliphatic rings. The van der Waals surface area contributed by atoms with Gasteiger partial charge in [0, 0.05) is 18.6 Å². The van der Waals surface area contributed by atoms with Crippen molar-refractivity contribution >= 4 is 18.6 Å². The van der Waals surface area contributed by atoms with E-state index >= 15 is 0 Å². The lowest BCUT2D eigenvalue weighted by Crippen LogP contribution is -2.44. The lowest BCUT2D eigenvalue weighted by Gasteiger charge is -2.33. The molecular weight excluding hydrogens is 380 g/mol. The normalized spacial score (nSPS) is 15.1. The highest BCUT2D eigenvalue weighted by atomic mass is 15.4. The van der Waals surface area contributed by atoms with Gasteiger partial charge in [0.15, 0.2) is 0 Å². The van der Waals surface area contributed by atoms with E-state index in [0.29, 0.717) is 0 Å². The van der Waals surface area contributed by atoms with E-state index in [9.17, 15) is 0 Å². The van der Waals surface area contributed by atoms with Gasteiger partial charge in [-0.05, 0) is 37.5 Å². The van der Waals surface area contributed by atoms with Crippen LogP contribution in [0.25, 0.3) is 0 Å². The summed E-state index contributed by atoms with van der Waals surface area (Å²) in [5, 5.41) is 0. The quantitative estimate of drug-likeness (QED) is 0.418.